The van der Waals surface area contributed by atoms with E-state index in [0.717, 1.165) is 49.4 Å². The summed E-state index contributed by atoms with van der Waals surface area (Å²) in [6.45, 7) is 7.03. The molecule has 2 aromatic heterocycles. The van der Waals surface area contributed by atoms with Crippen LogP contribution in [0.15, 0.2) is 53.3 Å². The smallest absolute Gasteiger partial charge is 0.277 e. The Morgan fingerprint density at radius 3 is 2.59 bits per heavy atom. The lowest BCUT2D eigenvalue weighted by Gasteiger charge is -2.34. The number of benzene rings is 2. The van der Waals surface area contributed by atoms with E-state index in [4.69, 9.17) is 9.72 Å². The molecule has 1 fully saturated rings. The van der Waals surface area contributed by atoms with Gasteiger partial charge in [0.15, 0.2) is 5.52 Å². The number of piperidine rings is 1. The van der Waals surface area contributed by atoms with Crippen LogP contribution >= 0.6 is 0 Å². The summed E-state index contributed by atoms with van der Waals surface area (Å²) in [5.74, 6) is 1.16. The highest BCUT2D eigenvalue weighted by Crippen LogP contribution is 2.33. The van der Waals surface area contributed by atoms with Crippen LogP contribution < -0.4 is 20.5 Å². The van der Waals surface area contributed by atoms with Gasteiger partial charge in [-0.25, -0.2) is 9.67 Å². The molecular formula is C26H30N6O2. The van der Waals surface area contributed by atoms with Crippen LogP contribution in [-0.4, -0.2) is 52.5 Å². The lowest BCUT2D eigenvalue weighted by atomic mass is 10.0. The number of hydrogen-bond acceptors (Lipinski definition) is 6. The Morgan fingerprint density at radius 2 is 1.88 bits per heavy atom. The van der Waals surface area contributed by atoms with Gasteiger partial charge in [0.05, 0.1) is 24.1 Å². The number of rotatable bonds is 6. The van der Waals surface area contributed by atoms with Crippen LogP contribution in [0.4, 0.5) is 5.69 Å². The molecule has 0 aliphatic carbocycles. The van der Waals surface area contributed by atoms with E-state index in [0.29, 0.717) is 34.3 Å². The molecule has 8 nitrogen and oxygen atoms in total. The Labute approximate surface area is 198 Å². The number of H-pyrrole nitrogens is 1. The van der Waals surface area contributed by atoms with Crippen molar-refractivity contribution in [3.63, 3.8) is 0 Å². The van der Waals surface area contributed by atoms with Crippen LogP contribution in [0.25, 0.3) is 28.1 Å². The molecule has 1 aliphatic heterocycles. The molecule has 0 saturated carbocycles. The second-order valence-corrected chi connectivity index (χ2v) is 8.65. The first-order valence-electron chi connectivity index (χ1n) is 11.8. The number of aryl methyl sites for hydroxylation is 1. The van der Waals surface area contributed by atoms with Gasteiger partial charge in [-0.2, -0.15) is 5.10 Å². The zero-order valence-corrected chi connectivity index (χ0v) is 19.8. The Hall–Kier alpha value is -3.65. The number of hydrogen-bond donors (Lipinski definition) is 2. The summed E-state index contributed by atoms with van der Waals surface area (Å²) in [5, 5.41) is 8.13. The lowest BCUT2D eigenvalue weighted by molar-refractivity contribution is 0.413. The van der Waals surface area contributed by atoms with Crippen molar-refractivity contribution in [1.29, 1.82) is 0 Å². The average Bonchev–Trinajstić information content (AvgIpc) is 3.21. The fourth-order valence-electron chi connectivity index (χ4n) is 4.75. The Balaban J connectivity index is 1.50. The van der Waals surface area contributed by atoms with Gasteiger partial charge in [0.25, 0.3) is 5.56 Å². The number of ether oxygens (including phenoxy) is 1. The van der Waals surface area contributed by atoms with Crippen LogP contribution in [-0.2, 0) is 0 Å². The molecule has 2 N–H and O–H groups in total. The standard InChI is InChI=1S/C26H30N6O2/c1-4-27-18-12-14-31(15-13-18)20-10-11-21(22(16-20)34-3)25-28-23-17(2)30-32(24(23)26(33)29-25)19-8-6-5-7-9-19/h5-11,16,18,27H,4,12-15H2,1-3H3,(H,28,29,33). The maximum absolute atomic E-state index is 13.2. The Kier molecular flexibility index (Phi) is 6.06. The molecule has 34 heavy (non-hydrogen) atoms. The normalized spacial score (nSPS) is 14.6. The highest BCUT2D eigenvalue weighted by Gasteiger charge is 2.21. The molecule has 0 unspecified atom stereocenters. The lowest BCUT2D eigenvalue weighted by Crippen LogP contribution is -2.42. The fourth-order valence-corrected chi connectivity index (χ4v) is 4.75. The molecule has 3 heterocycles. The number of para-hydroxylation sites is 1. The van der Waals surface area contributed by atoms with E-state index in [9.17, 15) is 4.79 Å². The van der Waals surface area contributed by atoms with Crippen LogP contribution in [0.1, 0.15) is 25.5 Å². The van der Waals surface area contributed by atoms with Gasteiger partial charge >= 0.3 is 0 Å². The van der Waals surface area contributed by atoms with E-state index in [2.05, 4.69) is 33.3 Å². The fraction of sp³-hybridized carbons (Fsp3) is 0.346. The van der Waals surface area contributed by atoms with Crippen molar-refractivity contribution in [2.24, 2.45) is 0 Å². The van der Waals surface area contributed by atoms with Crippen molar-refractivity contribution in [3.05, 3.63) is 64.6 Å². The number of nitrogens with one attached hydrogen (secondary N) is 2. The highest BCUT2D eigenvalue weighted by atomic mass is 16.5. The predicted octanol–water partition coefficient (Wildman–Crippen LogP) is 3.67. The molecule has 0 spiro atoms. The van der Waals surface area contributed by atoms with Crippen LogP contribution in [0.5, 0.6) is 5.75 Å². The van der Waals surface area contributed by atoms with Gasteiger partial charge in [0, 0.05) is 30.9 Å². The molecule has 176 valence electrons. The zero-order chi connectivity index (χ0) is 23.7. The van der Waals surface area contributed by atoms with Crippen molar-refractivity contribution < 1.29 is 4.74 Å². The van der Waals surface area contributed by atoms with Gasteiger partial charge in [-0.1, -0.05) is 25.1 Å². The van der Waals surface area contributed by atoms with Gasteiger partial charge < -0.3 is 19.9 Å². The molecule has 5 rings (SSSR count). The van der Waals surface area contributed by atoms with Gasteiger partial charge in [-0.05, 0) is 50.6 Å². The third-order valence-electron chi connectivity index (χ3n) is 6.49. The van der Waals surface area contributed by atoms with Crippen molar-refractivity contribution in [3.8, 4) is 22.8 Å². The summed E-state index contributed by atoms with van der Waals surface area (Å²) < 4.78 is 7.38. The van der Waals surface area contributed by atoms with Gasteiger partial charge in [0.1, 0.15) is 17.1 Å². The van der Waals surface area contributed by atoms with E-state index in [1.807, 2.05) is 49.4 Å². The molecule has 0 amide bonds. The molecule has 0 atom stereocenters. The largest absolute Gasteiger partial charge is 0.496 e. The number of fused-ring (bicyclic) bond motifs is 1. The van der Waals surface area contributed by atoms with Crippen LogP contribution in [0.3, 0.4) is 0 Å². The van der Waals surface area contributed by atoms with Gasteiger partial charge in [0.2, 0.25) is 0 Å². The third-order valence-corrected chi connectivity index (χ3v) is 6.49. The summed E-state index contributed by atoms with van der Waals surface area (Å²) in [7, 11) is 1.65. The molecule has 4 aromatic rings. The SMILES string of the molecule is CCNC1CCN(c2ccc(-c3nc4c(C)nn(-c5ccccc5)c4c(=O)[nH]3)c(OC)c2)CC1. The summed E-state index contributed by atoms with van der Waals surface area (Å²) in [6, 6.07) is 16.3. The second kappa shape index (κ2) is 9.30. The minimum Gasteiger partial charge on any atom is -0.496 e. The van der Waals surface area contributed by atoms with E-state index >= 15 is 0 Å². The molecule has 1 saturated heterocycles. The number of anilines is 1. The topological polar surface area (TPSA) is 88.1 Å². The van der Waals surface area contributed by atoms with Crippen LogP contribution in [0, 0.1) is 6.92 Å². The summed E-state index contributed by atoms with van der Waals surface area (Å²) in [5.41, 5.74) is 4.17. The maximum atomic E-state index is 13.2. The number of aromatic nitrogens is 4. The number of nitrogens with zero attached hydrogens (tertiary/aromatic N) is 4. The molecule has 0 bridgehead atoms. The minimum absolute atomic E-state index is 0.235. The Morgan fingerprint density at radius 1 is 1.12 bits per heavy atom. The van der Waals surface area contributed by atoms with Gasteiger partial charge in [-0.3, -0.25) is 4.79 Å². The van der Waals surface area contributed by atoms with Crippen molar-refractivity contribution >= 4 is 16.7 Å². The number of methoxy groups -OCH3 is 1. The van der Waals surface area contributed by atoms with Crippen molar-refractivity contribution in [1.82, 2.24) is 25.1 Å². The van der Waals surface area contributed by atoms with E-state index in [1.54, 1.807) is 11.8 Å². The predicted molar refractivity (Wildman–Crippen MR) is 135 cm³/mol. The monoisotopic (exact) mass is 458 g/mol. The van der Waals surface area contributed by atoms with E-state index in [-0.39, 0.29) is 5.56 Å². The summed E-state index contributed by atoms with van der Waals surface area (Å²) in [6.07, 6.45) is 2.24. The first kappa shape index (κ1) is 22.2. The van der Waals surface area contributed by atoms with E-state index in [1.165, 1.54) is 0 Å². The highest BCUT2D eigenvalue weighted by molar-refractivity contribution is 5.81. The van der Waals surface area contributed by atoms with Crippen molar-refractivity contribution in [2.45, 2.75) is 32.7 Å². The average molecular weight is 459 g/mol. The quantitative estimate of drug-likeness (QED) is 0.458. The zero-order valence-electron chi connectivity index (χ0n) is 19.8. The molecular weight excluding hydrogens is 428 g/mol. The molecule has 2 aromatic carbocycles. The number of aromatic amines is 1. The maximum Gasteiger partial charge on any atom is 0.277 e. The second-order valence-electron chi connectivity index (χ2n) is 8.65. The summed E-state index contributed by atoms with van der Waals surface area (Å²) in [4.78, 5) is 23.3. The van der Waals surface area contributed by atoms with Gasteiger partial charge in [-0.15, -0.1) is 0 Å². The molecule has 1 aliphatic rings. The van der Waals surface area contributed by atoms with Crippen LogP contribution in [0.2, 0.25) is 0 Å². The molecule has 0 radical (unpaired) electrons. The molecule has 8 heteroatoms. The Bertz CT molecular complexity index is 1350. The van der Waals surface area contributed by atoms with E-state index < -0.39 is 0 Å². The minimum atomic E-state index is -0.235. The first-order valence-corrected chi connectivity index (χ1v) is 11.8. The summed E-state index contributed by atoms with van der Waals surface area (Å²) >= 11 is 0. The van der Waals surface area contributed by atoms with Crippen molar-refractivity contribution in [2.75, 3.05) is 31.6 Å². The first-order chi connectivity index (χ1) is 16.6. The third kappa shape index (κ3) is 4.05.